The van der Waals surface area contributed by atoms with Gasteiger partial charge in [-0.3, -0.25) is 9.59 Å². The highest BCUT2D eigenvalue weighted by Crippen LogP contribution is 2.28. The highest BCUT2D eigenvalue weighted by molar-refractivity contribution is 5.99. The van der Waals surface area contributed by atoms with Crippen LogP contribution in [0.5, 0.6) is 0 Å². The number of para-hydroxylation sites is 1. The van der Waals surface area contributed by atoms with E-state index in [1.807, 2.05) is 83.1 Å². The molecule has 7 heteroatoms. The van der Waals surface area contributed by atoms with E-state index in [9.17, 15) is 14.4 Å². The lowest BCUT2D eigenvalue weighted by atomic mass is 9.96. The molecular weight excluding hydrogens is 454 g/mol. The van der Waals surface area contributed by atoms with E-state index in [4.69, 9.17) is 4.74 Å². The van der Waals surface area contributed by atoms with Gasteiger partial charge in [-0.25, -0.2) is 4.79 Å². The molecule has 2 N–H and O–H groups in total. The zero-order valence-electron chi connectivity index (χ0n) is 22.8. The first-order valence-electron chi connectivity index (χ1n) is 12.6. The molecule has 0 radical (unpaired) electrons. The van der Waals surface area contributed by atoms with E-state index in [0.29, 0.717) is 18.7 Å². The number of rotatable bonds is 9. The smallest absolute Gasteiger partial charge is 0.408 e. The van der Waals surface area contributed by atoms with Gasteiger partial charge in [-0.05, 0) is 69.7 Å². The zero-order chi connectivity index (χ0) is 27.0. The van der Waals surface area contributed by atoms with Crippen LogP contribution in [-0.4, -0.2) is 41.0 Å². The van der Waals surface area contributed by atoms with Crippen LogP contribution in [0.2, 0.25) is 0 Å². The fourth-order valence-electron chi connectivity index (χ4n) is 3.99. The van der Waals surface area contributed by atoms with Gasteiger partial charge in [0.1, 0.15) is 17.7 Å². The summed E-state index contributed by atoms with van der Waals surface area (Å²) in [7, 11) is 0. The summed E-state index contributed by atoms with van der Waals surface area (Å²) in [5.41, 5.74) is 2.56. The summed E-state index contributed by atoms with van der Waals surface area (Å²) in [5, 5.41) is 5.77. The third-order valence-corrected chi connectivity index (χ3v) is 5.80. The quantitative estimate of drug-likeness (QED) is 0.462. The summed E-state index contributed by atoms with van der Waals surface area (Å²) < 4.78 is 5.41. The molecule has 0 spiro atoms. The van der Waals surface area contributed by atoms with Crippen molar-refractivity contribution in [1.82, 2.24) is 10.2 Å². The van der Waals surface area contributed by atoms with Crippen molar-refractivity contribution >= 4 is 23.6 Å². The molecule has 0 heterocycles. The Hall–Kier alpha value is -3.35. The number of hydrogen-bond acceptors (Lipinski definition) is 4. The maximum absolute atomic E-state index is 14.0. The van der Waals surface area contributed by atoms with E-state index >= 15 is 0 Å². The molecule has 3 amide bonds. The third kappa shape index (κ3) is 7.83. The average Bonchev–Trinajstić information content (AvgIpc) is 2.78. The highest BCUT2D eigenvalue weighted by Gasteiger charge is 2.37. The molecule has 2 unspecified atom stereocenters. The zero-order valence-corrected chi connectivity index (χ0v) is 22.8. The number of amides is 3. The number of ether oxygens (including phenoxy) is 1. The molecular formula is C29H41N3O4. The summed E-state index contributed by atoms with van der Waals surface area (Å²) in [6.07, 6.45) is -0.0222. The van der Waals surface area contributed by atoms with E-state index < -0.39 is 23.8 Å². The van der Waals surface area contributed by atoms with Crippen molar-refractivity contribution in [3.63, 3.8) is 0 Å². The molecule has 0 aliphatic heterocycles. The number of carbonyl (C=O) groups excluding carboxylic acids is 3. The summed E-state index contributed by atoms with van der Waals surface area (Å²) in [5.74, 6) is -0.854. The van der Waals surface area contributed by atoms with Crippen LogP contribution in [0.3, 0.4) is 0 Å². The van der Waals surface area contributed by atoms with Gasteiger partial charge in [-0.2, -0.15) is 0 Å². The minimum Gasteiger partial charge on any atom is -0.444 e. The molecule has 2 rings (SSSR count). The SMILES string of the molecule is CCCN(C(=O)C(NC(=O)OC(C)(C)C)C(C)C)C(C(=O)Nc1ccccc1C)c1ccccc1C. The van der Waals surface area contributed by atoms with Gasteiger partial charge < -0.3 is 20.3 Å². The maximum Gasteiger partial charge on any atom is 0.408 e. The van der Waals surface area contributed by atoms with Gasteiger partial charge in [0.05, 0.1) is 0 Å². The molecule has 0 aliphatic carbocycles. The van der Waals surface area contributed by atoms with Crippen LogP contribution in [0.4, 0.5) is 10.5 Å². The van der Waals surface area contributed by atoms with Gasteiger partial charge in [0.2, 0.25) is 5.91 Å². The van der Waals surface area contributed by atoms with Crippen molar-refractivity contribution in [3.05, 3.63) is 65.2 Å². The number of nitrogens with zero attached hydrogens (tertiary/aromatic N) is 1. The van der Waals surface area contributed by atoms with Gasteiger partial charge in [0.15, 0.2) is 0 Å². The number of carbonyl (C=O) groups is 3. The van der Waals surface area contributed by atoms with Crippen LogP contribution in [0, 0.1) is 19.8 Å². The standard InChI is InChI=1S/C29H41N3O4/c1-9-18-32(27(34)24(19(2)3)31-28(35)36-29(6,7)8)25(22-16-12-10-14-20(22)4)26(33)30-23-17-13-11-15-21(23)5/h10-17,19,24-25H,9,18H2,1-8H3,(H,30,33)(H,31,35). The molecule has 2 aromatic carbocycles. The molecule has 196 valence electrons. The van der Waals surface area contributed by atoms with Crippen molar-refractivity contribution in [2.75, 3.05) is 11.9 Å². The molecule has 2 atom stereocenters. The van der Waals surface area contributed by atoms with Crippen molar-refractivity contribution in [2.45, 2.75) is 79.5 Å². The predicted octanol–water partition coefficient (Wildman–Crippen LogP) is 5.77. The third-order valence-electron chi connectivity index (χ3n) is 5.80. The molecule has 7 nitrogen and oxygen atoms in total. The van der Waals surface area contributed by atoms with Gasteiger partial charge in [0, 0.05) is 12.2 Å². The largest absolute Gasteiger partial charge is 0.444 e. The second-order valence-corrected chi connectivity index (χ2v) is 10.5. The Morgan fingerprint density at radius 1 is 0.944 bits per heavy atom. The molecule has 36 heavy (non-hydrogen) atoms. The van der Waals surface area contributed by atoms with E-state index in [1.165, 1.54) is 0 Å². The van der Waals surface area contributed by atoms with Crippen molar-refractivity contribution in [3.8, 4) is 0 Å². The Kier molecular flexibility index (Phi) is 10.1. The molecule has 0 bridgehead atoms. The van der Waals surface area contributed by atoms with E-state index in [0.717, 1.165) is 16.7 Å². The van der Waals surface area contributed by atoms with Gasteiger partial charge >= 0.3 is 6.09 Å². The lowest BCUT2D eigenvalue weighted by Crippen LogP contribution is -2.54. The van der Waals surface area contributed by atoms with E-state index in [1.54, 1.807) is 25.7 Å². The minimum atomic E-state index is -0.875. The van der Waals surface area contributed by atoms with Crippen LogP contribution >= 0.6 is 0 Å². The number of benzene rings is 2. The molecule has 0 fully saturated rings. The number of alkyl carbamates (subject to hydrolysis) is 1. The number of anilines is 1. The van der Waals surface area contributed by atoms with Crippen LogP contribution in [0.1, 0.15) is 70.7 Å². The predicted molar refractivity (Wildman–Crippen MR) is 144 cm³/mol. The Labute approximate surface area is 215 Å². The monoisotopic (exact) mass is 495 g/mol. The second-order valence-electron chi connectivity index (χ2n) is 10.5. The van der Waals surface area contributed by atoms with Crippen LogP contribution < -0.4 is 10.6 Å². The molecule has 0 saturated heterocycles. The Bertz CT molecular complexity index is 1060. The number of hydrogen-bond donors (Lipinski definition) is 2. The topological polar surface area (TPSA) is 87.7 Å². The Balaban J connectivity index is 2.50. The number of nitrogens with one attached hydrogen (secondary N) is 2. The summed E-state index contributed by atoms with van der Waals surface area (Å²) in [6.45, 7) is 15.2. The second kappa shape index (κ2) is 12.6. The van der Waals surface area contributed by atoms with Gasteiger partial charge in [-0.1, -0.05) is 63.2 Å². The first kappa shape index (κ1) is 28.9. The van der Waals surface area contributed by atoms with Crippen molar-refractivity contribution in [2.24, 2.45) is 5.92 Å². The summed E-state index contributed by atoms with van der Waals surface area (Å²) in [6, 6.07) is 13.4. The molecule has 0 aromatic heterocycles. The molecule has 0 aliphatic rings. The summed E-state index contributed by atoms with van der Waals surface area (Å²) in [4.78, 5) is 42.0. The fourth-order valence-corrected chi connectivity index (χ4v) is 3.99. The van der Waals surface area contributed by atoms with Crippen molar-refractivity contribution < 1.29 is 19.1 Å². The molecule has 2 aromatic rings. The Morgan fingerprint density at radius 3 is 2.06 bits per heavy atom. The Morgan fingerprint density at radius 2 is 1.53 bits per heavy atom. The van der Waals surface area contributed by atoms with E-state index in [2.05, 4.69) is 10.6 Å². The first-order chi connectivity index (χ1) is 16.9. The van der Waals surface area contributed by atoms with Crippen molar-refractivity contribution in [1.29, 1.82) is 0 Å². The first-order valence-corrected chi connectivity index (χ1v) is 12.6. The highest BCUT2D eigenvalue weighted by atomic mass is 16.6. The van der Waals surface area contributed by atoms with Gasteiger partial charge in [-0.15, -0.1) is 0 Å². The molecule has 0 saturated carbocycles. The number of aryl methyl sites for hydroxylation is 2. The lowest BCUT2D eigenvalue weighted by molar-refractivity contribution is -0.141. The minimum absolute atomic E-state index is 0.221. The van der Waals surface area contributed by atoms with Crippen LogP contribution in [-0.2, 0) is 14.3 Å². The fraction of sp³-hybridized carbons (Fsp3) is 0.483. The normalized spacial score (nSPS) is 13.0. The lowest BCUT2D eigenvalue weighted by Gasteiger charge is -2.36. The summed E-state index contributed by atoms with van der Waals surface area (Å²) >= 11 is 0. The van der Waals surface area contributed by atoms with Crippen LogP contribution in [0.15, 0.2) is 48.5 Å². The van der Waals surface area contributed by atoms with Crippen LogP contribution in [0.25, 0.3) is 0 Å². The average molecular weight is 496 g/mol. The van der Waals surface area contributed by atoms with E-state index in [-0.39, 0.29) is 17.7 Å². The maximum atomic E-state index is 14.0. The van der Waals surface area contributed by atoms with Gasteiger partial charge in [0.25, 0.3) is 5.91 Å².